The minimum Gasteiger partial charge on any atom is -0.317 e. The molecule has 3 nitrogen and oxygen atoms in total. The molecule has 0 saturated carbocycles. The highest BCUT2D eigenvalue weighted by molar-refractivity contribution is 4.76. The smallest absolute Gasteiger partial charge is 0.0104 e. The van der Waals surface area contributed by atoms with Gasteiger partial charge in [0, 0.05) is 12.6 Å². The van der Waals surface area contributed by atoms with Crippen LogP contribution in [-0.2, 0) is 0 Å². The van der Waals surface area contributed by atoms with Gasteiger partial charge in [0.1, 0.15) is 0 Å². The molecule has 106 valence electrons. The van der Waals surface area contributed by atoms with Gasteiger partial charge in [-0.3, -0.25) is 0 Å². The van der Waals surface area contributed by atoms with Crippen LogP contribution in [0.4, 0.5) is 0 Å². The minimum absolute atomic E-state index is 0.842. The molecular weight excluding hydrogens is 222 g/mol. The topological polar surface area (TPSA) is 18.5 Å². The summed E-state index contributed by atoms with van der Waals surface area (Å²) in [5, 5.41) is 3.45. The Morgan fingerprint density at radius 3 is 2.67 bits per heavy atom. The van der Waals surface area contributed by atoms with Gasteiger partial charge in [0.05, 0.1) is 0 Å². The molecule has 0 aromatic carbocycles. The van der Waals surface area contributed by atoms with Crippen LogP contribution in [0.5, 0.6) is 0 Å². The molecule has 0 radical (unpaired) electrons. The Balaban J connectivity index is 1.62. The molecule has 2 saturated heterocycles. The first kappa shape index (κ1) is 14.3. The van der Waals surface area contributed by atoms with Crippen LogP contribution >= 0.6 is 0 Å². The van der Waals surface area contributed by atoms with E-state index in [2.05, 4.69) is 29.2 Å². The van der Waals surface area contributed by atoms with Crippen LogP contribution in [0, 0.1) is 5.92 Å². The maximum absolute atomic E-state index is 3.45. The van der Waals surface area contributed by atoms with Gasteiger partial charge in [-0.15, -0.1) is 0 Å². The molecule has 1 N–H and O–H groups in total. The van der Waals surface area contributed by atoms with E-state index in [1.165, 1.54) is 71.2 Å². The van der Waals surface area contributed by atoms with E-state index in [9.17, 15) is 0 Å². The fourth-order valence-electron chi connectivity index (χ4n) is 3.47. The average molecular weight is 253 g/mol. The first-order chi connectivity index (χ1) is 8.75. The van der Waals surface area contributed by atoms with Gasteiger partial charge in [0.15, 0.2) is 0 Å². The van der Waals surface area contributed by atoms with E-state index < -0.39 is 0 Å². The number of hydrogen-bond donors (Lipinski definition) is 1. The molecule has 2 rings (SSSR count). The van der Waals surface area contributed by atoms with Crippen molar-refractivity contribution >= 4 is 0 Å². The van der Waals surface area contributed by atoms with Crippen LogP contribution in [0.25, 0.3) is 0 Å². The van der Waals surface area contributed by atoms with Gasteiger partial charge in [0.25, 0.3) is 0 Å². The fraction of sp³-hybridized carbons (Fsp3) is 1.00. The highest BCUT2D eigenvalue weighted by atomic mass is 15.1. The lowest BCUT2D eigenvalue weighted by atomic mass is 9.97. The Hall–Kier alpha value is -0.120. The average Bonchev–Trinajstić information content (AvgIpc) is 2.39. The van der Waals surface area contributed by atoms with Crippen molar-refractivity contribution < 1.29 is 0 Å². The van der Waals surface area contributed by atoms with Crippen LogP contribution in [0.15, 0.2) is 0 Å². The number of likely N-dealkylation sites (tertiary alicyclic amines) is 1. The highest BCUT2D eigenvalue weighted by Gasteiger charge is 2.20. The summed E-state index contributed by atoms with van der Waals surface area (Å²) in [5.41, 5.74) is 0. The molecule has 0 aliphatic carbocycles. The molecule has 0 amide bonds. The Kier molecular flexibility index (Phi) is 5.93. The number of nitrogens with zero attached hydrogens (tertiary/aromatic N) is 2. The Labute approximate surface area is 113 Å². The number of hydrogen-bond acceptors (Lipinski definition) is 3. The van der Waals surface area contributed by atoms with Gasteiger partial charge in [-0.25, -0.2) is 0 Å². The zero-order valence-electron chi connectivity index (χ0n) is 12.3. The fourth-order valence-corrected chi connectivity index (χ4v) is 3.47. The van der Waals surface area contributed by atoms with Gasteiger partial charge >= 0.3 is 0 Å². The zero-order chi connectivity index (χ0) is 12.8. The summed E-state index contributed by atoms with van der Waals surface area (Å²) in [7, 11) is 4.61. The van der Waals surface area contributed by atoms with E-state index in [1.54, 1.807) is 0 Å². The Morgan fingerprint density at radius 2 is 1.94 bits per heavy atom. The number of rotatable bonds is 5. The lowest BCUT2D eigenvalue weighted by Gasteiger charge is -2.34. The molecule has 1 atom stereocenters. The van der Waals surface area contributed by atoms with E-state index in [4.69, 9.17) is 0 Å². The largest absolute Gasteiger partial charge is 0.317 e. The predicted octanol–water partition coefficient (Wildman–Crippen LogP) is 1.79. The molecule has 2 heterocycles. The van der Waals surface area contributed by atoms with E-state index in [1.807, 2.05) is 0 Å². The molecular formula is C15H31N3. The first-order valence-electron chi connectivity index (χ1n) is 7.85. The van der Waals surface area contributed by atoms with Crippen LogP contribution in [-0.4, -0.2) is 62.7 Å². The third kappa shape index (κ3) is 4.52. The molecule has 1 unspecified atom stereocenters. The van der Waals surface area contributed by atoms with Crippen LogP contribution in [0.1, 0.15) is 38.5 Å². The van der Waals surface area contributed by atoms with Crippen LogP contribution < -0.4 is 5.32 Å². The summed E-state index contributed by atoms with van der Waals surface area (Å²) < 4.78 is 0. The van der Waals surface area contributed by atoms with Crippen molar-refractivity contribution in [2.75, 3.05) is 46.8 Å². The van der Waals surface area contributed by atoms with Crippen molar-refractivity contribution in [1.29, 1.82) is 0 Å². The maximum atomic E-state index is 3.45. The lowest BCUT2D eigenvalue weighted by Crippen LogP contribution is -2.40. The van der Waals surface area contributed by atoms with Crippen LogP contribution in [0.2, 0.25) is 0 Å². The molecule has 18 heavy (non-hydrogen) atoms. The van der Waals surface area contributed by atoms with Gasteiger partial charge in [-0.2, -0.15) is 0 Å². The van der Waals surface area contributed by atoms with E-state index in [0.29, 0.717) is 0 Å². The molecule has 0 aromatic heterocycles. The third-order valence-corrected chi connectivity index (χ3v) is 4.79. The Morgan fingerprint density at radius 1 is 1.17 bits per heavy atom. The molecule has 2 aliphatic heterocycles. The molecule has 3 heteroatoms. The van der Waals surface area contributed by atoms with E-state index >= 15 is 0 Å². The summed E-state index contributed by atoms with van der Waals surface area (Å²) >= 11 is 0. The van der Waals surface area contributed by atoms with Crippen molar-refractivity contribution in [1.82, 2.24) is 15.1 Å². The second kappa shape index (κ2) is 7.46. The number of piperidine rings is 2. The molecule has 0 spiro atoms. The van der Waals surface area contributed by atoms with Crippen molar-refractivity contribution in [2.45, 2.75) is 44.6 Å². The summed E-state index contributed by atoms with van der Waals surface area (Å²) in [4.78, 5) is 5.14. The zero-order valence-corrected chi connectivity index (χ0v) is 12.3. The quantitative estimate of drug-likeness (QED) is 0.806. The number of nitrogens with one attached hydrogen (secondary N) is 1. The second-order valence-electron chi connectivity index (χ2n) is 6.37. The monoisotopic (exact) mass is 253 g/mol. The van der Waals surface area contributed by atoms with Gasteiger partial charge < -0.3 is 15.1 Å². The van der Waals surface area contributed by atoms with Crippen molar-refractivity contribution in [3.05, 3.63) is 0 Å². The molecule has 0 aromatic rings. The van der Waals surface area contributed by atoms with Crippen molar-refractivity contribution in [2.24, 2.45) is 5.92 Å². The summed E-state index contributed by atoms with van der Waals surface area (Å²) in [5.74, 6) is 0.931. The van der Waals surface area contributed by atoms with Crippen molar-refractivity contribution in [3.63, 3.8) is 0 Å². The summed E-state index contributed by atoms with van der Waals surface area (Å²) in [6.07, 6.45) is 8.35. The normalized spacial score (nSPS) is 27.8. The Bertz CT molecular complexity index is 226. The summed E-state index contributed by atoms with van der Waals surface area (Å²) in [6, 6.07) is 0.842. The lowest BCUT2D eigenvalue weighted by molar-refractivity contribution is 0.153. The maximum Gasteiger partial charge on any atom is 0.0104 e. The van der Waals surface area contributed by atoms with Gasteiger partial charge in [-0.05, 0) is 78.3 Å². The van der Waals surface area contributed by atoms with E-state index in [-0.39, 0.29) is 0 Å². The molecule has 0 bridgehead atoms. The predicted molar refractivity (Wildman–Crippen MR) is 78.0 cm³/mol. The molecule has 2 fully saturated rings. The first-order valence-corrected chi connectivity index (χ1v) is 7.85. The third-order valence-electron chi connectivity index (χ3n) is 4.79. The molecule has 2 aliphatic rings. The van der Waals surface area contributed by atoms with Gasteiger partial charge in [-0.1, -0.05) is 6.42 Å². The summed E-state index contributed by atoms with van der Waals surface area (Å²) in [6.45, 7) is 6.34. The SMILES string of the molecule is CN(CCC1CCCCN1C)CC1CCNCC1. The highest BCUT2D eigenvalue weighted by Crippen LogP contribution is 2.18. The van der Waals surface area contributed by atoms with Crippen LogP contribution in [0.3, 0.4) is 0 Å². The minimum atomic E-state index is 0.842. The van der Waals surface area contributed by atoms with E-state index in [0.717, 1.165) is 12.0 Å². The van der Waals surface area contributed by atoms with Crippen molar-refractivity contribution in [3.8, 4) is 0 Å². The second-order valence-corrected chi connectivity index (χ2v) is 6.37. The standard InChI is InChI=1S/C15H31N3/c1-17(13-14-6-9-16-10-7-14)12-8-15-5-3-4-11-18(15)2/h14-16H,3-13H2,1-2H3. The van der Waals surface area contributed by atoms with Gasteiger partial charge in [0.2, 0.25) is 0 Å².